The zero-order chi connectivity index (χ0) is 15.2. The molecule has 0 aliphatic carbocycles. The van der Waals surface area contributed by atoms with E-state index in [2.05, 4.69) is 22.9 Å². The average molecular weight is 290 g/mol. The number of aromatic nitrogens is 1. The van der Waals surface area contributed by atoms with Gasteiger partial charge in [0.15, 0.2) is 0 Å². The van der Waals surface area contributed by atoms with Crippen molar-refractivity contribution in [1.82, 2.24) is 9.88 Å². The topological polar surface area (TPSA) is 85.2 Å². The lowest BCUT2D eigenvalue weighted by molar-refractivity contribution is -0.119. The minimum atomic E-state index is -0.192. The Balaban J connectivity index is 2.04. The van der Waals surface area contributed by atoms with Crippen LogP contribution in [0.4, 0.5) is 0 Å². The lowest BCUT2D eigenvalue weighted by atomic mass is 9.89. The molecule has 21 heavy (non-hydrogen) atoms. The van der Waals surface area contributed by atoms with Crippen LogP contribution >= 0.6 is 0 Å². The quantitative estimate of drug-likeness (QED) is 0.830. The summed E-state index contributed by atoms with van der Waals surface area (Å²) in [6.45, 7) is 4.05. The first-order chi connectivity index (χ1) is 10.1. The van der Waals surface area contributed by atoms with Gasteiger partial charge in [-0.2, -0.15) is 0 Å². The number of pyridine rings is 1. The van der Waals surface area contributed by atoms with Crippen molar-refractivity contribution in [3.8, 4) is 0 Å². The van der Waals surface area contributed by atoms with Crippen LogP contribution in [0, 0.1) is 5.92 Å². The molecule has 0 spiro atoms. The monoisotopic (exact) mass is 290 g/mol. The molecule has 1 amide bonds. The van der Waals surface area contributed by atoms with Gasteiger partial charge in [-0.25, -0.2) is 0 Å². The summed E-state index contributed by atoms with van der Waals surface area (Å²) in [5, 5.41) is 0. The molecule has 0 aromatic carbocycles. The van der Waals surface area contributed by atoms with E-state index in [9.17, 15) is 4.79 Å². The highest BCUT2D eigenvalue weighted by Gasteiger charge is 2.30. The summed E-state index contributed by atoms with van der Waals surface area (Å²) in [6, 6.07) is 4.37. The van der Waals surface area contributed by atoms with Crippen LogP contribution in [-0.4, -0.2) is 34.9 Å². The number of carbonyl (C=O) groups excluding carboxylic acids is 1. The molecule has 2 atom stereocenters. The predicted molar refractivity (Wildman–Crippen MR) is 83.4 cm³/mol. The van der Waals surface area contributed by atoms with Gasteiger partial charge < -0.3 is 11.5 Å². The van der Waals surface area contributed by atoms with Crippen LogP contribution in [0.5, 0.6) is 0 Å². The molecule has 2 heterocycles. The lowest BCUT2D eigenvalue weighted by Gasteiger charge is -2.40. The zero-order valence-electron chi connectivity index (χ0n) is 12.7. The first-order valence-electron chi connectivity index (χ1n) is 7.79. The molecule has 1 aliphatic rings. The summed E-state index contributed by atoms with van der Waals surface area (Å²) >= 11 is 0. The average Bonchev–Trinajstić information content (AvgIpc) is 2.49. The van der Waals surface area contributed by atoms with Gasteiger partial charge in [-0.3, -0.25) is 14.7 Å². The lowest BCUT2D eigenvalue weighted by Crippen LogP contribution is -2.45. The predicted octanol–water partition coefficient (Wildman–Crippen LogP) is 1.45. The molecular weight excluding hydrogens is 264 g/mol. The van der Waals surface area contributed by atoms with Gasteiger partial charge in [0.05, 0.1) is 6.04 Å². The molecule has 0 radical (unpaired) electrons. The molecule has 1 fully saturated rings. The highest BCUT2D eigenvalue weighted by Crippen LogP contribution is 2.30. The molecule has 116 valence electrons. The second kappa shape index (κ2) is 7.52. The summed E-state index contributed by atoms with van der Waals surface area (Å²) in [5.41, 5.74) is 12.8. The van der Waals surface area contributed by atoms with E-state index in [1.165, 1.54) is 5.56 Å². The van der Waals surface area contributed by atoms with Crippen LogP contribution in [0.3, 0.4) is 0 Å². The maximum Gasteiger partial charge on any atom is 0.217 e. The SMILES string of the molecule is CCC(N)C(c1cccnc1)N1CCC(CC(N)=O)CC1. The maximum atomic E-state index is 11.0. The summed E-state index contributed by atoms with van der Waals surface area (Å²) in [6.07, 6.45) is 7.16. The summed E-state index contributed by atoms with van der Waals surface area (Å²) in [4.78, 5) is 17.7. The highest BCUT2D eigenvalue weighted by molar-refractivity contribution is 5.73. The van der Waals surface area contributed by atoms with Gasteiger partial charge in [-0.1, -0.05) is 13.0 Å². The number of primary amides is 1. The summed E-state index contributed by atoms with van der Waals surface area (Å²) in [7, 11) is 0. The molecular formula is C16H26N4O. The van der Waals surface area contributed by atoms with E-state index < -0.39 is 0 Å². The van der Waals surface area contributed by atoms with Crippen molar-refractivity contribution in [2.75, 3.05) is 13.1 Å². The van der Waals surface area contributed by atoms with Crippen molar-refractivity contribution >= 4 is 5.91 Å². The first kappa shape index (κ1) is 15.9. The zero-order valence-corrected chi connectivity index (χ0v) is 12.7. The number of hydrogen-bond acceptors (Lipinski definition) is 4. The fourth-order valence-electron chi connectivity index (χ4n) is 3.22. The number of nitrogens with zero attached hydrogens (tertiary/aromatic N) is 2. The Morgan fingerprint density at radius 2 is 2.19 bits per heavy atom. The number of piperidine rings is 1. The van der Waals surface area contributed by atoms with Crippen LogP contribution in [0.15, 0.2) is 24.5 Å². The van der Waals surface area contributed by atoms with E-state index in [-0.39, 0.29) is 18.0 Å². The third kappa shape index (κ3) is 4.25. The third-order valence-electron chi connectivity index (χ3n) is 4.44. The van der Waals surface area contributed by atoms with E-state index in [4.69, 9.17) is 11.5 Å². The molecule has 5 nitrogen and oxygen atoms in total. The smallest absolute Gasteiger partial charge is 0.217 e. The Labute approximate surface area is 126 Å². The fraction of sp³-hybridized carbons (Fsp3) is 0.625. The highest BCUT2D eigenvalue weighted by atomic mass is 16.1. The maximum absolute atomic E-state index is 11.0. The van der Waals surface area contributed by atoms with Gasteiger partial charge in [0.25, 0.3) is 0 Å². The van der Waals surface area contributed by atoms with Gasteiger partial charge in [-0.05, 0) is 49.9 Å². The van der Waals surface area contributed by atoms with Crippen molar-refractivity contribution in [3.63, 3.8) is 0 Å². The number of rotatable bonds is 6. The normalized spacial score (nSPS) is 20.1. The Morgan fingerprint density at radius 3 is 2.71 bits per heavy atom. The number of nitrogens with two attached hydrogens (primary N) is 2. The Hall–Kier alpha value is -1.46. The van der Waals surface area contributed by atoms with Gasteiger partial charge in [0.1, 0.15) is 0 Å². The van der Waals surface area contributed by atoms with E-state index in [0.717, 1.165) is 32.4 Å². The van der Waals surface area contributed by atoms with E-state index in [0.29, 0.717) is 12.3 Å². The second-order valence-electron chi connectivity index (χ2n) is 5.95. The van der Waals surface area contributed by atoms with Crippen LogP contribution in [-0.2, 0) is 4.79 Å². The van der Waals surface area contributed by atoms with Crippen LogP contribution < -0.4 is 11.5 Å². The second-order valence-corrected chi connectivity index (χ2v) is 5.95. The van der Waals surface area contributed by atoms with Crippen molar-refractivity contribution in [2.45, 2.75) is 44.7 Å². The molecule has 0 bridgehead atoms. The number of hydrogen-bond donors (Lipinski definition) is 2. The van der Waals surface area contributed by atoms with Crippen LogP contribution in [0.25, 0.3) is 0 Å². The molecule has 2 rings (SSSR count). The minimum Gasteiger partial charge on any atom is -0.370 e. The molecule has 1 aromatic rings. The Morgan fingerprint density at radius 1 is 1.48 bits per heavy atom. The molecule has 1 aromatic heterocycles. The van der Waals surface area contributed by atoms with Gasteiger partial charge in [0.2, 0.25) is 5.91 Å². The molecule has 0 saturated carbocycles. The Bertz CT molecular complexity index is 443. The number of amides is 1. The number of likely N-dealkylation sites (tertiary alicyclic amines) is 1. The van der Waals surface area contributed by atoms with Crippen molar-refractivity contribution in [3.05, 3.63) is 30.1 Å². The van der Waals surface area contributed by atoms with Crippen LogP contribution in [0.2, 0.25) is 0 Å². The molecule has 4 N–H and O–H groups in total. The molecule has 1 saturated heterocycles. The van der Waals surface area contributed by atoms with E-state index in [1.807, 2.05) is 12.3 Å². The van der Waals surface area contributed by atoms with E-state index in [1.54, 1.807) is 6.20 Å². The van der Waals surface area contributed by atoms with Crippen LogP contribution in [0.1, 0.15) is 44.2 Å². The largest absolute Gasteiger partial charge is 0.370 e. The Kier molecular flexibility index (Phi) is 5.70. The van der Waals surface area contributed by atoms with Gasteiger partial charge >= 0.3 is 0 Å². The third-order valence-corrected chi connectivity index (χ3v) is 4.44. The summed E-state index contributed by atoms with van der Waals surface area (Å²) in [5.74, 6) is 0.230. The minimum absolute atomic E-state index is 0.0990. The molecule has 2 unspecified atom stereocenters. The first-order valence-corrected chi connectivity index (χ1v) is 7.79. The summed E-state index contributed by atoms with van der Waals surface area (Å²) < 4.78 is 0. The van der Waals surface area contributed by atoms with Gasteiger partial charge in [-0.15, -0.1) is 0 Å². The van der Waals surface area contributed by atoms with E-state index >= 15 is 0 Å². The molecule has 5 heteroatoms. The van der Waals surface area contributed by atoms with Gasteiger partial charge in [0, 0.05) is 24.9 Å². The molecule has 1 aliphatic heterocycles. The van der Waals surface area contributed by atoms with Crippen molar-refractivity contribution < 1.29 is 4.79 Å². The fourth-order valence-corrected chi connectivity index (χ4v) is 3.22. The number of carbonyl (C=O) groups is 1. The standard InChI is InChI=1S/C16H26N4O/c1-2-14(17)16(13-4-3-7-19-11-13)20-8-5-12(6-9-20)10-15(18)21/h3-4,7,11-12,14,16H,2,5-6,8-10,17H2,1H3,(H2,18,21). The van der Waals surface area contributed by atoms with Crippen molar-refractivity contribution in [1.29, 1.82) is 0 Å². The van der Waals surface area contributed by atoms with Crippen molar-refractivity contribution in [2.24, 2.45) is 17.4 Å².